The molecule has 12 heavy (non-hydrogen) atoms. The van der Waals surface area contributed by atoms with Gasteiger partial charge in [0.15, 0.2) is 0 Å². The van der Waals surface area contributed by atoms with Crippen LogP contribution in [0.1, 0.15) is 5.56 Å². The molecule has 1 rings (SSSR count). The Balaban J connectivity index is 2.89. The summed E-state index contributed by atoms with van der Waals surface area (Å²) in [6.45, 7) is 0. The lowest BCUT2D eigenvalue weighted by Crippen LogP contribution is -1.87. The Morgan fingerprint density at radius 1 is 1.67 bits per heavy atom. The summed E-state index contributed by atoms with van der Waals surface area (Å²) >= 11 is 5.61. The van der Waals surface area contributed by atoms with Crippen LogP contribution in [0.2, 0.25) is 5.15 Å². The molecule has 0 aliphatic heterocycles. The molecule has 1 aromatic rings. The highest BCUT2D eigenvalue weighted by Gasteiger charge is 1.96. The molecule has 5 heteroatoms. The first kappa shape index (κ1) is 8.67. The van der Waals surface area contributed by atoms with Crippen molar-refractivity contribution in [2.24, 2.45) is 0 Å². The number of aliphatic carboxylic acids is 1. The molecule has 0 radical (unpaired) electrons. The first-order valence-electron chi connectivity index (χ1n) is 3.06. The highest BCUT2D eigenvalue weighted by atomic mass is 35.5. The molecule has 62 valence electrons. The fraction of sp³-hybridized carbons (Fsp3) is 0. The Bertz CT molecular complexity index is 325. The summed E-state index contributed by atoms with van der Waals surface area (Å²) in [4.78, 5) is 17.5. The molecule has 0 amide bonds. The van der Waals surface area contributed by atoms with Crippen LogP contribution < -0.4 is 0 Å². The van der Waals surface area contributed by atoms with E-state index in [4.69, 9.17) is 16.7 Å². The minimum absolute atomic E-state index is 0.238. The minimum Gasteiger partial charge on any atom is -0.478 e. The molecular weight excluding hydrogens is 180 g/mol. The third-order valence-corrected chi connectivity index (χ3v) is 1.41. The number of carboxylic acids is 1. The lowest BCUT2D eigenvalue weighted by atomic mass is 10.3. The molecule has 4 nitrogen and oxygen atoms in total. The van der Waals surface area contributed by atoms with Crippen molar-refractivity contribution in [1.29, 1.82) is 0 Å². The number of halogens is 1. The molecule has 1 N–H and O–H groups in total. The van der Waals surface area contributed by atoms with Gasteiger partial charge >= 0.3 is 5.97 Å². The molecule has 0 aliphatic carbocycles. The van der Waals surface area contributed by atoms with Crippen molar-refractivity contribution < 1.29 is 9.90 Å². The van der Waals surface area contributed by atoms with Crippen LogP contribution in [0.15, 0.2) is 18.6 Å². The summed E-state index contributed by atoms with van der Waals surface area (Å²) in [5, 5.41) is 8.53. The van der Waals surface area contributed by atoms with E-state index in [2.05, 4.69) is 9.97 Å². The van der Waals surface area contributed by atoms with Crippen molar-refractivity contribution >= 4 is 23.6 Å². The van der Waals surface area contributed by atoms with Gasteiger partial charge in [-0.25, -0.2) is 14.8 Å². The molecule has 0 aromatic carbocycles. The topological polar surface area (TPSA) is 63.1 Å². The fourth-order valence-electron chi connectivity index (χ4n) is 0.598. The molecule has 0 saturated carbocycles. The molecule has 0 aliphatic rings. The Labute approximate surface area is 73.5 Å². The van der Waals surface area contributed by atoms with Crippen LogP contribution >= 0.6 is 11.6 Å². The molecule has 0 atom stereocenters. The highest BCUT2D eigenvalue weighted by molar-refractivity contribution is 6.30. The Kier molecular flexibility index (Phi) is 2.76. The summed E-state index contributed by atoms with van der Waals surface area (Å²) in [6, 6.07) is 0. The van der Waals surface area contributed by atoms with Crippen molar-refractivity contribution in [2.45, 2.75) is 0 Å². The Hall–Kier alpha value is -1.42. The quantitative estimate of drug-likeness (QED) is 0.555. The van der Waals surface area contributed by atoms with Gasteiger partial charge in [-0.05, 0) is 6.08 Å². The lowest BCUT2D eigenvalue weighted by molar-refractivity contribution is -0.131. The van der Waals surface area contributed by atoms with Crippen LogP contribution in [-0.2, 0) is 4.79 Å². The van der Waals surface area contributed by atoms with Gasteiger partial charge in [-0.1, -0.05) is 11.6 Å². The van der Waals surface area contributed by atoms with Gasteiger partial charge < -0.3 is 5.11 Å². The number of hydrogen-bond donors (Lipinski definition) is 1. The smallest absolute Gasteiger partial charge is 0.328 e. The van der Waals surface area contributed by atoms with Gasteiger partial charge in [0.05, 0.1) is 0 Å². The largest absolute Gasteiger partial charge is 0.478 e. The van der Waals surface area contributed by atoms with Gasteiger partial charge in [0.25, 0.3) is 0 Å². The number of carbonyl (C=O) groups is 1. The van der Waals surface area contributed by atoms with E-state index in [0.29, 0.717) is 5.56 Å². The maximum atomic E-state index is 10.1. The summed E-state index contributed by atoms with van der Waals surface area (Å²) in [5.41, 5.74) is 0.488. The maximum Gasteiger partial charge on any atom is 0.328 e. The van der Waals surface area contributed by atoms with Crippen LogP contribution in [0.3, 0.4) is 0 Å². The average Bonchev–Trinajstić information content (AvgIpc) is 2.03. The number of rotatable bonds is 2. The van der Waals surface area contributed by atoms with Crippen molar-refractivity contribution in [3.05, 3.63) is 29.3 Å². The molecule has 1 heterocycles. The molecule has 0 fully saturated rings. The van der Waals surface area contributed by atoms with Gasteiger partial charge in [-0.15, -0.1) is 0 Å². The second-order valence-electron chi connectivity index (χ2n) is 1.94. The molecule has 0 spiro atoms. The molecule has 0 saturated heterocycles. The van der Waals surface area contributed by atoms with Crippen molar-refractivity contribution in [2.75, 3.05) is 0 Å². The predicted octanol–water partition coefficient (Wildman–Crippen LogP) is 1.23. The fourth-order valence-corrected chi connectivity index (χ4v) is 0.754. The van der Waals surface area contributed by atoms with E-state index >= 15 is 0 Å². The number of hydrogen-bond acceptors (Lipinski definition) is 3. The Morgan fingerprint density at radius 3 is 3.00 bits per heavy atom. The third-order valence-electron chi connectivity index (χ3n) is 1.10. The normalized spacial score (nSPS) is 10.4. The van der Waals surface area contributed by atoms with E-state index in [-0.39, 0.29) is 5.15 Å². The van der Waals surface area contributed by atoms with Crippen LogP contribution in [0.4, 0.5) is 0 Å². The zero-order valence-corrected chi connectivity index (χ0v) is 6.69. The minimum atomic E-state index is -1.03. The van der Waals surface area contributed by atoms with Crippen molar-refractivity contribution in [3.8, 4) is 0 Å². The monoisotopic (exact) mass is 184 g/mol. The zero-order valence-electron chi connectivity index (χ0n) is 5.94. The van der Waals surface area contributed by atoms with Crippen LogP contribution in [0.5, 0.6) is 0 Å². The van der Waals surface area contributed by atoms with Crippen LogP contribution in [0, 0.1) is 0 Å². The number of carboxylic acid groups (broad SMARTS) is 1. The van der Waals surface area contributed by atoms with Gasteiger partial charge in [-0.2, -0.15) is 0 Å². The highest BCUT2D eigenvalue weighted by Crippen LogP contribution is 2.11. The van der Waals surface area contributed by atoms with Crippen LogP contribution in [-0.4, -0.2) is 21.0 Å². The SMILES string of the molecule is O=C(O)C=Cc1cncnc1Cl. The van der Waals surface area contributed by atoms with E-state index < -0.39 is 5.97 Å². The first-order valence-corrected chi connectivity index (χ1v) is 3.44. The van der Waals surface area contributed by atoms with E-state index in [9.17, 15) is 4.79 Å². The van der Waals surface area contributed by atoms with Crippen molar-refractivity contribution in [1.82, 2.24) is 9.97 Å². The first-order chi connectivity index (χ1) is 5.70. The zero-order chi connectivity index (χ0) is 8.97. The van der Waals surface area contributed by atoms with E-state index in [1.165, 1.54) is 18.6 Å². The maximum absolute atomic E-state index is 10.1. The molecule has 0 unspecified atom stereocenters. The van der Waals surface area contributed by atoms with E-state index in [0.717, 1.165) is 6.08 Å². The summed E-state index contributed by atoms with van der Waals surface area (Å²) < 4.78 is 0. The number of nitrogens with zero attached hydrogens (tertiary/aromatic N) is 2. The molecular formula is C7H5ClN2O2. The molecule has 0 bridgehead atoms. The van der Waals surface area contributed by atoms with Gasteiger partial charge in [0.2, 0.25) is 0 Å². The van der Waals surface area contributed by atoms with Crippen molar-refractivity contribution in [3.63, 3.8) is 0 Å². The average molecular weight is 185 g/mol. The van der Waals surface area contributed by atoms with Gasteiger partial charge in [0, 0.05) is 17.8 Å². The van der Waals surface area contributed by atoms with E-state index in [1.807, 2.05) is 0 Å². The molecule has 1 aromatic heterocycles. The Morgan fingerprint density at radius 2 is 2.42 bits per heavy atom. The van der Waals surface area contributed by atoms with Crippen LogP contribution in [0.25, 0.3) is 6.08 Å². The predicted molar refractivity (Wildman–Crippen MR) is 43.7 cm³/mol. The lowest BCUT2D eigenvalue weighted by Gasteiger charge is -1.92. The summed E-state index contributed by atoms with van der Waals surface area (Å²) in [5.74, 6) is -1.03. The summed E-state index contributed by atoms with van der Waals surface area (Å²) in [7, 11) is 0. The van der Waals surface area contributed by atoms with E-state index in [1.54, 1.807) is 0 Å². The summed E-state index contributed by atoms with van der Waals surface area (Å²) in [6.07, 6.45) is 5.05. The standard InChI is InChI=1S/C7H5ClN2O2/c8-7-5(1-2-6(11)12)3-9-4-10-7/h1-4H,(H,11,12). The second kappa shape index (κ2) is 3.82. The second-order valence-corrected chi connectivity index (χ2v) is 2.30. The third kappa shape index (κ3) is 2.32. The van der Waals surface area contributed by atoms with Gasteiger partial charge in [0.1, 0.15) is 11.5 Å². The van der Waals surface area contributed by atoms with Gasteiger partial charge in [-0.3, -0.25) is 0 Å². The number of aromatic nitrogens is 2.